The van der Waals surface area contributed by atoms with Gasteiger partial charge in [-0.2, -0.15) is 0 Å². The first-order valence-electron chi connectivity index (χ1n) is 2.72. The van der Waals surface area contributed by atoms with Crippen LogP contribution < -0.4 is 0 Å². The van der Waals surface area contributed by atoms with E-state index in [-0.39, 0.29) is 18.0 Å². The van der Waals surface area contributed by atoms with E-state index in [0.29, 0.717) is 5.57 Å². The van der Waals surface area contributed by atoms with Crippen LogP contribution in [0, 0.1) is 0 Å². The van der Waals surface area contributed by atoms with Crippen molar-refractivity contribution in [3.63, 3.8) is 0 Å². The highest BCUT2D eigenvalue weighted by atomic mass is 16.1. The minimum Gasteiger partial charge on any atom is -0.300 e. The Kier molecular flexibility index (Phi) is 2.85. The molecule has 0 heterocycles. The Bertz CT molecular complexity index is 156. The van der Waals surface area contributed by atoms with Crippen LogP contribution in [0.15, 0.2) is 12.2 Å². The molecular weight excluding hydrogens is 116 g/mol. The second-order valence-electron chi connectivity index (χ2n) is 2.04. The summed E-state index contributed by atoms with van der Waals surface area (Å²) in [7, 11) is 0. The van der Waals surface area contributed by atoms with E-state index in [1.165, 1.54) is 13.8 Å². The lowest BCUT2D eigenvalue weighted by atomic mass is 10.1. The van der Waals surface area contributed by atoms with Gasteiger partial charge in [-0.3, -0.25) is 9.59 Å². The van der Waals surface area contributed by atoms with Crippen molar-refractivity contribution >= 4 is 11.6 Å². The standard InChI is InChI=1S/C7H10O2/c1-5(7(3)9)4-6(2)8/h1,4H2,2-3H3. The summed E-state index contributed by atoms with van der Waals surface area (Å²) < 4.78 is 0. The van der Waals surface area contributed by atoms with E-state index in [1.54, 1.807) is 0 Å². The van der Waals surface area contributed by atoms with Gasteiger partial charge in [0.1, 0.15) is 5.78 Å². The van der Waals surface area contributed by atoms with Crippen LogP contribution in [0.25, 0.3) is 0 Å². The summed E-state index contributed by atoms with van der Waals surface area (Å²) in [6.07, 6.45) is 0.190. The third-order valence-electron chi connectivity index (χ3n) is 0.960. The van der Waals surface area contributed by atoms with Gasteiger partial charge < -0.3 is 0 Å². The molecule has 0 bridgehead atoms. The van der Waals surface area contributed by atoms with Crippen LogP contribution in [0.2, 0.25) is 0 Å². The van der Waals surface area contributed by atoms with Gasteiger partial charge in [0, 0.05) is 6.42 Å². The van der Waals surface area contributed by atoms with Gasteiger partial charge in [0.05, 0.1) is 0 Å². The summed E-state index contributed by atoms with van der Waals surface area (Å²) in [6.45, 7) is 6.27. The monoisotopic (exact) mass is 126 g/mol. The first-order valence-corrected chi connectivity index (χ1v) is 2.72. The van der Waals surface area contributed by atoms with Crippen LogP contribution in [0.3, 0.4) is 0 Å². The van der Waals surface area contributed by atoms with Gasteiger partial charge >= 0.3 is 0 Å². The van der Waals surface area contributed by atoms with Gasteiger partial charge in [0.15, 0.2) is 5.78 Å². The van der Waals surface area contributed by atoms with E-state index < -0.39 is 0 Å². The Morgan fingerprint density at radius 1 is 1.33 bits per heavy atom. The van der Waals surface area contributed by atoms with Crippen LogP contribution >= 0.6 is 0 Å². The maximum atomic E-state index is 10.4. The predicted molar refractivity (Wildman–Crippen MR) is 35.1 cm³/mol. The molecule has 0 saturated heterocycles. The number of ketones is 2. The van der Waals surface area contributed by atoms with E-state index in [4.69, 9.17) is 0 Å². The lowest BCUT2D eigenvalue weighted by Gasteiger charge is -1.93. The fraction of sp³-hybridized carbons (Fsp3) is 0.429. The topological polar surface area (TPSA) is 34.1 Å². The number of carbonyl (C=O) groups is 2. The third kappa shape index (κ3) is 3.64. The maximum Gasteiger partial charge on any atom is 0.155 e. The minimum atomic E-state index is -0.106. The molecule has 0 rings (SSSR count). The summed E-state index contributed by atoms with van der Waals surface area (Å²) >= 11 is 0. The smallest absolute Gasteiger partial charge is 0.155 e. The molecule has 0 aliphatic heterocycles. The molecule has 0 aromatic carbocycles. The van der Waals surface area contributed by atoms with Crippen LogP contribution in [0.4, 0.5) is 0 Å². The summed E-state index contributed by atoms with van der Waals surface area (Å²) in [5.74, 6) is -0.125. The normalized spacial score (nSPS) is 8.67. The largest absolute Gasteiger partial charge is 0.300 e. The highest BCUT2D eigenvalue weighted by molar-refractivity contribution is 5.97. The van der Waals surface area contributed by atoms with Crippen LogP contribution in [0.1, 0.15) is 20.3 Å². The molecule has 0 saturated carbocycles. The highest BCUT2D eigenvalue weighted by Crippen LogP contribution is 1.98. The van der Waals surface area contributed by atoms with Crippen molar-refractivity contribution in [2.45, 2.75) is 20.3 Å². The van der Waals surface area contributed by atoms with Crippen LogP contribution in [-0.2, 0) is 9.59 Å². The molecule has 2 nitrogen and oxygen atoms in total. The molecule has 0 radical (unpaired) electrons. The maximum absolute atomic E-state index is 10.4. The number of allylic oxidation sites excluding steroid dienone is 1. The van der Waals surface area contributed by atoms with E-state index in [9.17, 15) is 9.59 Å². The van der Waals surface area contributed by atoms with Gasteiger partial charge in [0.2, 0.25) is 0 Å². The summed E-state index contributed by atoms with van der Waals surface area (Å²) in [6, 6.07) is 0. The van der Waals surface area contributed by atoms with E-state index >= 15 is 0 Å². The number of hydrogen-bond donors (Lipinski definition) is 0. The molecular formula is C7H10O2. The van der Waals surface area contributed by atoms with Crippen molar-refractivity contribution in [1.29, 1.82) is 0 Å². The molecule has 0 unspecified atom stereocenters. The molecule has 0 atom stereocenters. The van der Waals surface area contributed by atoms with Crippen molar-refractivity contribution in [2.24, 2.45) is 0 Å². The van der Waals surface area contributed by atoms with Crippen molar-refractivity contribution in [3.8, 4) is 0 Å². The first kappa shape index (κ1) is 8.08. The first-order chi connectivity index (χ1) is 4.04. The van der Waals surface area contributed by atoms with Gasteiger partial charge in [-0.25, -0.2) is 0 Å². The number of Topliss-reactive ketones (excluding diaryl/α,β-unsaturated/α-hetero) is 2. The van der Waals surface area contributed by atoms with Gasteiger partial charge in [0.25, 0.3) is 0 Å². The Balaban J connectivity index is 3.79. The molecule has 0 amide bonds. The Morgan fingerprint density at radius 3 is 1.89 bits per heavy atom. The molecule has 0 N–H and O–H groups in total. The summed E-state index contributed by atoms with van der Waals surface area (Å²) in [5.41, 5.74) is 0.391. The van der Waals surface area contributed by atoms with Crippen LogP contribution in [0.5, 0.6) is 0 Å². The van der Waals surface area contributed by atoms with Crippen molar-refractivity contribution in [1.82, 2.24) is 0 Å². The zero-order valence-corrected chi connectivity index (χ0v) is 5.73. The summed E-state index contributed by atoms with van der Waals surface area (Å²) in [5, 5.41) is 0. The molecule has 0 aliphatic carbocycles. The van der Waals surface area contributed by atoms with Gasteiger partial charge in [-0.05, 0) is 19.4 Å². The Hall–Kier alpha value is -0.920. The Labute approximate surface area is 54.6 Å². The number of carbonyl (C=O) groups excluding carboxylic acids is 2. The second kappa shape index (κ2) is 3.17. The lowest BCUT2D eigenvalue weighted by molar-refractivity contribution is -0.119. The second-order valence-corrected chi connectivity index (χ2v) is 2.04. The lowest BCUT2D eigenvalue weighted by Crippen LogP contribution is -1.99. The average molecular weight is 126 g/mol. The fourth-order valence-corrected chi connectivity index (χ4v) is 0.425. The van der Waals surface area contributed by atoms with E-state index in [0.717, 1.165) is 0 Å². The SMILES string of the molecule is C=C(CC(C)=O)C(C)=O. The molecule has 2 heteroatoms. The van der Waals surface area contributed by atoms with Crippen molar-refractivity contribution < 1.29 is 9.59 Å². The van der Waals surface area contributed by atoms with E-state index in [2.05, 4.69) is 6.58 Å². The molecule has 9 heavy (non-hydrogen) atoms. The molecule has 0 fully saturated rings. The third-order valence-corrected chi connectivity index (χ3v) is 0.960. The average Bonchev–Trinajstić information content (AvgIpc) is 1.63. The molecule has 50 valence electrons. The van der Waals surface area contributed by atoms with Gasteiger partial charge in [-0.15, -0.1) is 0 Å². The van der Waals surface area contributed by atoms with Crippen molar-refractivity contribution in [2.75, 3.05) is 0 Å². The van der Waals surface area contributed by atoms with Crippen molar-refractivity contribution in [3.05, 3.63) is 12.2 Å². The number of hydrogen-bond acceptors (Lipinski definition) is 2. The zero-order chi connectivity index (χ0) is 7.44. The molecule has 0 aliphatic rings. The fourth-order valence-electron chi connectivity index (χ4n) is 0.425. The predicted octanol–water partition coefficient (Wildman–Crippen LogP) is 1.11. The zero-order valence-electron chi connectivity index (χ0n) is 5.73. The quantitative estimate of drug-likeness (QED) is 0.531. The highest BCUT2D eigenvalue weighted by Gasteiger charge is 2.01. The molecule has 0 aromatic heterocycles. The molecule has 0 spiro atoms. The summed E-state index contributed by atoms with van der Waals surface area (Å²) in [4.78, 5) is 20.8. The minimum absolute atomic E-state index is 0.0183. The number of rotatable bonds is 3. The molecule has 0 aromatic rings. The van der Waals surface area contributed by atoms with Crippen LogP contribution in [-0.4, -0.2) is 11.6 Å². The van der Waals surface area contributed by atoms with Gasteiger partial charge in [-0.1, -0.05) is 6.58 Å². The Morgan fingerprint density at radius 2 is 1.78 bits per heavy atom. The van der Waals surface area contributed by atoms with E-state index in [1.807, 2.05) is 0 Å².